The topological polar surface area (TPSA) is 119 Å². The number of benzene rings is 1. The minimum absolute atomic E-state index is 0.0574. The van der Waals surface area contributed by atoms with E-state index in [-0.39, 0.29) is 22.7 Å². The van der Waals surface area contributed by atoms with Crippen LogP contribution >= 0.6 is 12.0 Å². The van der Waals surface area contributed by atoms with Gasteiger partial charge in [-0.2, -0.15) is 0 Å². The maximum absolute atomic E-state index is 10.7. The van der Waals surface area contributed by atoms with E-state index in [2.05, 4.69) is 4.18 Å². The van der Waals surface area contributed by atoms with Crippen molar-refractivity contribution in [2.24, 2.45) is 0 Å². The van der Waals surface area contributed by atoms with E-state index in [1.807, 2.05) is 0 Å². The number of hydrogen-bond acceptors (Lipinski definition) is 7. The first-order chi connectivity index (χ1) is 8.06. The zero-order chi connectivity index (χ0) is 12.8. The fourth-order valence-corrected chi connectivity index (χ4v) is 1.56. The Bertz CT molecular complexity index is 498. The smallest absolute Gasteiger partial charge is 0.299 e. The number of non-ortho nitro benzene ring substituents is 1. The number of nitriles is 1. The second-order valence-electron chi connectivity index (χ2n) is 2.76. The van der Waals surface area contributed by atoms with Crippen LogP contribution in [-0.4, -0.2) is 9.85 Å². The lowest BCUT2D eigenvalue weighted by Crippen LogP contribution is -1.97. The van der Waals surface area contributed by atoms with Crippen LogP contribution in [0.25, 0.3) is 0 Å². The highest BCUT2D eigenvalue weighted by molar-refractivity contribution is 7.94. The van der Waals surface area contributed by atoms with Gasteiger partial charge < -0.3 is 4.18 Å². The van der Waals surface area contributed by atoms with E-state index in [4.69, 9.17) is 5.26 Å². The summed E-state index contributed by atoms with van der Waals surface area (Å²) < 4.78 is 4.32. The molecule has 17 heavy (non-hydrogen) atoms. The summed E-state index contributed by atoms with van der Waals surface area (Å²) in [4.78, 5) is 19.7. The number of rotatable bonds is 5. The van der Waals surface area contributed by atoms with E-state index in [9.17, 15) is 20.2 Å². The fraction of sp³-hybridized carbons (Fsp3) is 0.125. The van der Waals surface area contributed by atoms with E-state index >= 15 is 0 Å². The lowest BCUT2D eigenvalue weighted by atomic mass is 10.2. The third-order valence-electron chi connectivity index (χ3n) is 1.79. The standard InChI is InChI=1S/C8H5N3O5S/c9-5-16-17-4-6-1-2-7(10(12)13)3-8(6)11(14)15/h1-3H,4H2. The highest BCUT2D eigenvalue weighted by Crippen LogP contribution is 2.27. The van der Waals surface area contributed by atoms with Gasteiger partial charge in [-0.25, -0.2) is 0 Å². The van der Waals surface area contributed by atoms with Gasteiger partial charge in [-0.3, -0.25) is 20.2 Å². The number of nitrogens with zero attached hydrogens (tertiary/aromatic N) is 3. The van der Waals surface area contributed by atoms with Gasteiger partial charge >= 0.3 is 0 Å². The molecule has 9 heteroatoms. The summed E-state index contributed by atoms with van der Waals surface area (Å²) >= 11 is 0.717. The van der Waals surface area contributed by atoms with E-state index in [1.54, 1.807) is 0 Å². The molecule has 0 spiro atoms. The maximum Gasteiger partial charge on any atom is 0.299 e. The Morgan fingerprint density at radius 3 is 2.59 bits per heavy atom. The molecule has 0 saturated carbocycles. The van der Waals surface area contributed by atoms with E-state index < -0.39 is 9.85 Å². The van der Waals surface area contributed by atoms with Crippen molar-refractivity contribution in [3.05, 3.63) is 44.0 Å². The van der Waals surface area contributed by atoms with Crippen molar-refractivity contribution < 1.29 is 14.0 Å². The van der Waals surface area contributed by atoms with Crippen LogP contribution in [-0.2, 0) is 9.94 Å². The first-order valence-corrected chi connectivity index (χ1v) is 5.06. The quantitative estimate of drug-likeness (QED) is 0.260. The number of nitro groups is 2. The van der Waals surface area contributed by atoms with Crippen molar-refractivity contribution in [3.63, 3.8) is 0 Å². The molecule has 0 atom stereocenters. The molecular weight excluding hydrogens is 250 g/mol. The zero-order valence-electron chi connectivity index (χ0n) is 8.23. The molecule has 0 aliphatic rings. The molecule has 0 N–H and O–H groups in total. The van der Waals surface area contributed by atoms with Crippen molar-refractivity contribution in [3.8, 4) is 6.26 Å². The molecule has 0 fully saturated rings. The Morgan fingerprint density at radius 1 is 1.35 bits per heavy atom. The molecule has 1 rings (SSSR count). The van der Waals surface area contributed by atoms with Crippen LogP contribution in [0.3, 0.4) is 0 Å². The normalized spacial score (nSPS) is 9.35. The van der Waals surface area contributed by atoms with Gasteiger partial charge in [-0.05, 0) is 6.07 Å². The van der Waals surface area contributed by atoms with Crippen LogP contribution in [0, 0.1) is 31.7 Å². The lowest BCUT2D eigenvalue weighted by molar-refractivity contribution is -0.394. The molecule has 88 valence electrons. The third kappa shape index (κ3) is 3.32. The molecule has 0 aliphatic carbocycles. The van der Waals surface area contributed by atoms with E-state index in [0.717, 1.165) is 12.1 Å². The van der Waals surface area contributed by atoms with Gasteiger partial charge in [0.2, 0.25) is 0 Å². The van der Waals surface area contributed by atoms with Gasteiger partial charge in [-0.1, -0.05) is 0 Å². The molecular formula is C8H5N3O5S. The van der Waals surface area contributed by atoms with Crippen LogP contribution in [0.1, 0.15) is 5.56 Å². The Morgan fingerprint density at radius 2 is 2.06 bits per heavy atom. The lowest BCUT2D eigenvalue weighted by Gasteiger charge is -2.00. The zero-order valence-corrected chi connectivity index (χ0v) is 9.05. The van der Waals surface area contributed by atoms with Gasteiger partial charge in [-0.15, -0.1) is 5.26 Å². The van der Waals surface area contributed by atoms with Crippen LogP contribution in [0.2, 0.25) is 0 Å². The summed E-state index contributed by atoms with van der Waals surface area (Å²) in [5, 5.41) is 29.3. The average molecular weight is 255 g/mol. The number of hydrogen-bond donors (Lipinski definition) is 0. The summed E-state index contributed by atoms with van der Waals surface area (Å²) in [7, 11) is 0. The van der Waals surface area contributed by atoms with Crippen LogP contribution in [0.4, 0.5) is 11.4 Å². The molecule has 0 saturated heterocycles. The van der Waals surface area contributed by atoms with Crippen molar-refractivity contribution in [1.29, 1.82) is 5.26 Å². The van der Waals surface area contributed by atoms with Crippen LogP contribution in [0.15, 0.2) is 18.2 Å². The molecule has 1 aromatic rings. The van der Waals surface area contributed by atoms with E-state index in [0.29, 0.717) is 12.0 Å². The average Bonchev–Trinajstić information content (AvgIpc) is 2.29. The Kier molecular flexibility index (Phi) is 4.24. The molecule has 0 radical (unpaired) electrons. The predicted octanol–water partition coefficient (Wildman–Crippen LogP) is 2.15. The molecule has 0 aromatic heterocycles. The van der Waals surface area contributed by atoms with Gasteiger partial charge in [0, 0.05) is 11.6 Å². The largest absolute Gasteiger partial charge is 0.352 e. The van der Waals surface area contributed by atoms with Crippen LogP contribution in [0.5, 0.6) is 0 Å². The second kappa shape index (κ2) is 5.66. The number of nitro benzene ring substituents is 2. The Labute approximate surface area is 99.3 Å². The Balaban J connectivity index is 3.01. The third-order valence-corrected chi connectivity index (χ3v) is 2.41. The van der Waals surface area contributed by atoms with Crippen molar-refractivity contribution in [1.82, 2.24) is 0 Å². The summed E-state index contributed by atoms with van der Waals surface area (Å²) in [6.45, 7) is 0. The molecule has 8 nitrogen and oxygen atoms in total. The van der Waals surface area contributed by atoms with Crippen molar-refractivity contribution in [2.75, 3.05) is 0 Å². The SMILES string of the molecule is N#COSCc1ccc([N+](=O)[O-])cc1[N+](=O)[O-]. The molecule has 0 aliphatic heterocycles. The first-order valence-electron chi connectivity index (χ1n) is 4.15. The molecule has 0 amide bonds. The van der Waals surface area contributed by atoms with Crippen LogP contribution < -0.4 is 0 Å². The van der Waals surface area contributed by atoms with E-state index in [1.165, 1.54) is 12.3 Å². The van der Waals surface area contributed by atoms with Crippen molar-refractivity contribution in [2.45, 2.75) is 5.75 Å². The highest BCUT2D eigenvalue weighted by atomic mass is 32.2. The Hall–Kier alpha value is -2.34. The van der Waals surface area contributed by atoms with Gasteiger partial charge in [0.05, 0.1) is 33.7 Å². The molecule has 0 unspecified atom stereocenters. The summed E-state index contributed by atoms with van der Waals surface area (Å²) in [5.74, 6) is 0.0574. The summed E-state index contributed by atoms with van der Waals surface area (Å²) in [6, 6.07) is 3.31. The molecule has 0 heterocycles. The van der Waals surface area contributed by atoms with Gasteiger partial charge in [0.1, 0.15) is 0 Å². The molecule has 1 aromatic carbocycles. The van der Waals surface area contributed by atoms with Gasteiger partial charge in [0.15, 0.2) is 0 Å². The maximum atomic E-state index is 10.7. The molecule has 0 bridgehead atoms. The summed E-state index contributed by atoms with van der Waals surface area (Å²) in [6.07, 6.45) is 1.40. The fourth-order valence-electron chi connectivity index (χ4n) is 1.08. The predicted molar refractivity (Wildman–Crippen MR) is 57.7 cm³/mol. The first kappa shape index (κ1) is 12.7. The van der Waals surface area contributed by atoms with Crippen molar-refractivity contribution >= 4 is 23.4 Å². The minimum Gasteiger partial charge on any atom is -0.352 e. The second-order valence-corrected chi connectivity index (χ2v) is 3.46. The highest BCUT2D eigenvalue weighted by Gasteiger charge is 2.19. The minimum atomic E-state index is -0.713. The van der Waals surface area contributed by atoms with Gasteiger partial charge in [0.25, 0.3) is 17.6 Å². The summed E-state index contributed by atoms with van der Waals surface area (Å²) in [5.41, 5.74) is -0.472. The monoisotopic (exact) mass is 255 g/mol.